The van der Waals surface area contributed by atoms with Gasteiger partial charge in [0.1, 0.15) is 0 Å². The first-order valence-electron chi connectivity index (χ1n) is 6.77. The van der Waals surface area contributed by atoms with Crippen molar-refractivity contribution in [3.8, 4) is 0 Å². The van der Waals surface area contributed by atoms with Gasteiger partial charge in [-0.05, 0) is 53.2 Å². The molecule has 0 aromatic heterocycles. The summed E-state index contributed by atoms with van der Waals surface area (Å²) in [6.07, 6.45) is 4.49. The summed E-state index contributed by atoms with van der Waals surface area (Å²) in [7, 11) is 4.13. The summed E-state index contributed by atoms with van der Waals surface area (Å²) in [6, 6.07) is 1.33. The fraction of sp³-hybridized carbons (Fsp3) is 0.923. The first-order chi connectivity index (χ1) is 8.06. The van der Waals surface area contributed by atoms with Crippen molar-refractivity contribution >= 4 is 5.91 Å². The van der Waals surface area contributed by atoms with Crippen LogP contribution < -0.4 is 10.6 Å². The van der Waals surface area contributed by atoms with Crippen molar-refractivity contribution in [2.45, 2.75) is 50.7 Å². The molecule has 0 aromatic carbocycles. The fourth-order valence-electron chi connectivity index (χ4n) is 2.99. The molecule has 1 amide bonds. The third-order valence-corrected chi connectivity index (χ3v) is 4.03. The molecule has 4 atom stereocenters. The molecular weight excluding hydrogens is 214 g/mol. The predicted molar refractivity (Wildman–Crippen MR) is 68.8 cm³/mol. The number of amides is 1. The standard InChI is InChI=1S/C13H25N3O/c1-9(6-7-16(2)3)14-13(17)11-8-10-4-5-12(11)15-10/h9-12,15H,4-8H2,1-3H3,(H,14,17). The van der Waals surface area contributed by atoms with Crippen LogP contribution in [0.2, 0.25) is 0 Å². The predicted octanol–water partition coefficient (Wildman–Crippen LogP) is 0.583. The molecule has 2 fully saturated rings. The molecule has 4 nitrogen and oxygen atoms in total. The molecule has 0 aliphatic carbocycles. The molecule has 0 saturated carbocycles. The van der Waals surface area contributed by atoms with Crippen molar-refractivity contribution in [2.75, 3.05) is 20.6 Å². The lowest BCUT2D eigenvalue weighted by Crippen LogP contribution is -2.42. The lowest BCUT2D eigenvalue weighted by atomic mass is 9.88. The van der Waals surface area contributed by atoms with E-state index in [1.807, 2.05) is 0 Å². The Kier molecular flexibility index (Phi) is 4.05. The third-order valence-electron chi connectivity index (χ3n) is 4.03. The Hall–Kier alpha value is -0.610. The smallest absolute Gasteiger partial charge is 0.224 e. The van der Waals surface area contributed by atoms with Gasteiger partial charge < -0.3 is 15.5 Å². The highest BCUT2D eigenvalue weighted by molar-refractivity contribution is 5.80. The lowest BCUT2D eigenvalue weighted by Gasteiger charge is -2.23. The van der Waals surface area contributed by atoms with Crippen molar-refractivity contribution in [1.29, 1.82) is 0 Å². The monoisotopic (exact) mass is 239 g/mol. The van der Waals surface area contributed by atoms with E-state index in [4.69, 9.17) is 0 Å². The summed E-state index contributed by atoms with van der Waals surface area (Å²) in [5.41, 5.74) is 0. The molecule has 2 aliphatic rings. The van der Waals surface area contributed by atoms with Gasteiger partial charge in [-0.15, -0.1) is 0 Å². The summed E-state index contributed by atoms with van der Waals surface area (Å²) in [4.78, 5) is 14.3. The number of hydrogen-bond donors (Lipinski definition) is 2. The van der Waals surface area contributed by atoms with E-state index in [9.17, 15) is 4.79 Å². The minimum Gasteiger partial charge on any atom is -0.353 e. The Balaban J connectivity index is 1.73. The van der Waals surface area contributed by atoms with Crippen molar-refractivity contribution in [2.24, 2.45) is 5.92 Å². The highest BCUT2D eigenvalue weighted by atomic mass is 16.2. The Bertz CT molecular complexity index is 280. The summed E-state index contributed by atoms with van der Waals surface area (Å²) < 4.78 is 0. The number of carbonyl (C=O) groups excluding carboxylic acids is 1. The molecule has 2 saturated heterocycles. The first-order valence-corrected chi connectivity index (χ1v) is 6.77. The Morgan fingerprint density at radius 3 is 2.76 bits per heavy atom. The van der Waals surface area contributed by atoms with E-state index >= 15 is 0 Å². The van der Waals surface area contributed by atoms with Gasteiger partial charge in [-0.1, -0.05) is 0 Å². The number of fused-ring (bicyclic) bond motifs is 2. The van der Waals surface area contributed by atoms with Gasteiger partial charge in [-0.3, -0.25) is 4.79 Å². The Morgan fingerprint density at radius 2 is 2.24 bits per heavy atom. The maximum atomic E-state index is 12.1. The second-order valence-electron chi connectivity index (χ2n) is 5.89. The van der Waals surface area contributed by atoms with Crippen LogP contribution in [0.3, 0.4) is 0 Å². The zero-order valence-corrected chi connectivity index (χ0v) is 11.2. The molecule has 2 heterocycles. The normalized spacial score (nSPS) is 33.1. The maximum Gasteiger partial charge on any atom is 0.224 e. The SMILES string of the molecule is CC(CCN(C)C)NC(=O)C1CC2CCC1N2. The molecular formula is C13H25N3O. The number of hydrogen-bond acceptors (Lipinski definition) is 3. The maximum absolute atomic E-state index is 12.1. The average molecular weight is 239 g/mol. The second-order valence-corrected chi connectivity index (χ2v) is 5.89. The van der Waals surface area contributed by atoms with Crippen LogP contribution in [0, 0.1) is 5.92 Å². The van der Waals surface area contributed by atoms with Gasteiger partial charge in [0, 0.05) is 18.1 Å². The molecule has 0 aromatic rings. The molecule has 2 rings (SSSR count). The minimum absolute atomic E-state index is 0.218. The fourth-order valence-corrected chi connectivity index (χ4v) is 2.99. The topological polar surface area (TPSA) is 44.4 Å². The van der Waals surface area contributed by atoms with Crippen LogP contribution in [0.15, 0.2) is 0 Å². The van der Waals surface area contributed by atoms with Gasteiger partial charge in [0.25, 0.3) is 0 Å². The van der Waals surface area contributed by atoms with E-state index in [0.717, 1.165) is 19.4 Å². The van der Waals surface area contributed by atoms with Crippen LogP contribution >= 0.6 is 0 Å². The second kappa shape index (κ2) is 5.36. The van der Waals surface area contributed by atoms with Gasteiger partial charge in [0.2, 0.25) is 5.91 Å². The van der Waals surface area contributed by atoms with Crippen molar-refractivity contribution in [3.05, 3.63) is 0 Å². The quantitative estimate of drug-likeness (QED) is 0.738. The number of carbonyl (C=O) groups is 1. The minimum atomic E-state index is 0.218. The summed E-state index contributed by atoms with van der Waals surface area (Å²) in [6.45, 7) is 3.12. The molecule has 0 radical (unpaired) electrons. The van der Waals surface area contributed by atoms with E-state index in [-0.39, 0.29) is 17.9 Å². The average Bonchev–Trinajstić information content (AvgIpc) is 2.87. The highest BCUT2D eigenvalue weighted by Crippen LogP contribution is 2.33. The first kappa shape index (κ1) is 12.8. The molecule has 2 N–H and O–H groups in total. The Labute approximate surface area is 104 Å². The summed E-state index contributed by atoms with van der Waals surface area (Å²) in [5, 5.41) is 6.67. The van der Waals surface area contributed by atoms with Gasteiger partial charge in [-0.2, -0.15) is 0 Å². The van der Waals surface area contributed by atoms with Crippen LogP contribution in [0.4, 0.5) is 0 Å². The zero-order chi connectivity index (χ0) is 12.4. The molecule has 2 aliphatic heterocycles. The van der Waals surface area contributed by atoms with E-state index < -0.39 is 0 Å². The lowest BCUT2D eigenvalue weighted by molar-refractivity contribution is -0.126. The largest absolute Gasteiger partial charge is 0.353 e. The van der Waals surface area contributed by atoms with Crippen molar-refractivity contribution in [1.82, 2.24) is 15.5 Å². The van der Waals surface area contributed by atoms with E-state index in [2.05, 4.69) is 36.6 Å². The van der Waals surface area contributed by atoms with Crippen molar-refractivity contribution < 1.29 is 4.79 Å². The number of nitrogens with zero attached hydrogens (tertiary/aromatic N) is 1. The summed E-state index contributed by atoms with van der Waals surface area (Å²) in [5.74, 6) is 0.478. The van der Waals surface area contributed by atoms with Crippen LogP contribution in [0.1, 0.15) is 32.6 Å². The van der Waals surface area contributed by atoms with Gasteiger partial charge in [-0.25, -0.2) is 0 Å². The van der Waals surface area contributed by atoms with E-state index in [0.29, 0.717) is 12.1 Å². The van der Waals surface area contributed by atoms with Crippen LogP contribution in [-0.4, -0.2) is 49.6 Å². The third kappa shape index (κ3) is 3.19. The van der Waals surface area contributed by atoms with Gasteiger partial charge in [0.05, 0.1) is 5.92 Å². The molecule has 4 heteroatoms. The van der Waals surface area contributed by atoms with Crippen molar-refractivity contribution in [3.63, 3.8) is 0 Å². The van der Waals surface area contributed by atoms with Crippen LogP contribution in [-0.2, 0) is 4.79 Å². The van der Waals surface area contributed by atoms with Gasteiger partial charge in [0.15, 0.2) is 0 Å². The highest BCUT2D eigenvalue weighted by Gasteiger charge is 2.42. The van der Waals surface area contributed by atoms with Crippen LogP contribution in [0.5, 0.6) is 0 Å². The Morgan fingerprint density at radius 1 is 1.47 bits per heavy atom. The summed E-state index contributed by atoms with van der Waals surface area (Å²) >= 11 is 0. The van der Waals surface area contributed by atoms with Crippen LogP contribution in [0.25, 0.3) is 0 Å². The molecule has 17 heavy (non-hydrogen) atoms. The molecule has 0 spiro atoms. The van der Waals surface area contributed by atoms with E-state index in [1.165, 1.54) is 12.8 Å². The van der Waals surface area contributed by atoms with Gasteiger partial charge >= 0.3 is 0 Å². The molecule has 4 unspecified atom stereocenters. The molecule has 2 bridgehead atoms. The number of nitrogens with one attached hydrogen (secondary N) is 2. The van der Waals surface area contributed by atoms with E-state index in [1.54, 1.807) is 0 Å². The zero-order valence-electron chi connectivity index (χ0n) is 11.2. The molecule has 98 valence electrons. The number of rotatable bonds is 5.